The number of aryl methyl sites for hydroxylation is 1. The topological polar surface area (TPSA) is 51.2 Å². The highest BCUT2D eigenvalue weighted by Gasteiger charge is 2.15. The molecule has 0 amide bonds. The van der Waals surface area contributed by atoms with Crippen LogP contribution in [-0.4, -0.2) is 17.6 Å². The minimum absolute atomic E-state index is 0.110. The van der Waals surface area contributed by atoms with Gasteiger partial charge in [0.05, 0.1) is 23.0 Å². The maximum atomic E-state index is 14.0. The van der Waals surface area contributed by atoms with Crippen LogP contribution in [0.5, 0.6) is 0 Å². The van der Waals surface area contributed by atoms with Crippen LogP contribution in [0, 0.1) is 12.7 Å². The van der Waals surface area contributed by atoms with Crippen molar-refractivity contribution in [1.29, 1.82) is 0 Å². The van der Waals surface area contributed by atoms with Crippen LogP contribution in [0.25, 0.3) is 0 Å². The van der Waals surface area contributed by atoms with E-state index in [-0.39, 0.29) is 22.9 Å². The fraction of sp³-hybridized carbons (Fsp3) is 0.200. The zero-order valence-electron chi connectivity index (χ0n) is 11.6. The van der Waals surface area contributed by atoms with E-state index >= 15 is 0 Å². The molecule has 110 valence electrons. The number of ether oxygens (including phenoxy) is 1. The molecule has 1 heterocycles. The van der Waals surface area contributed by atoms with Crippen molar-refractivity contribution in [2.45, 2.75) is 13.8 Å². The summed E-state index contributed by atoms with van der Waals surface area (Å²) in [5.74, 6) is -1.02. The quantitative estimate of drug-likeness (QED) is 0.864. The number of hydrogen-bond donors (Lipinski definition) is 1. The normalized spacial score (nSPS) is 10.3. The number of carbonyl (C=O) groups is 1. The molecule has 0 fully saturated rings. The van der Waals surface area contributed by atoms with Crippen LogP contribution in [0.15, 0.2) is 30.6 Å². The maximum absolute atomic E-state index is 14.0. The summed E-state index contributed by atoms with van der Waals surface area (Å²) in [6.45, 7) is 3.69. The first-order valence-electron chi connectivity index (χ1n) is 6.36. The summed E-state index contributed by atoms with van der Waals surface area (Å²) in [4.78, 5) is 15.7. The number of halogens is 2. The third-order valence-corrected chi connectivity index (χ3v) is 3.06. The molecule has 1 aromatic carbocycles. The molecule has 0 saturated heterocycles. The predicted molar refractivity (Wildman–Crippen MR) is 79.6 cm³/mol. The van der Waals surface area contributed by atoms with Crippen molar-refractivity contribution in [3.05, 3.63) is 52.6 Å². The van der Waals surface area contributed by atoms with Crippen molar-refractivity contribution in [2.24, 2.45) is 0 Å². The van der Waals surface area contributed by atoms with Crippen LogP contribution in [0.2, 0.25) is 5.02 Å². The van der Waals surface area contributed by atoms with Crippen LogP contribution in [0.4, 0.5) is 15.8 Å². The monoisotopic (exact) mass is 308 g/mol. The maximum Gasteiger partial charge on any atom is 0.341 e. The summed E-state index contributed by atoms with van der Waals surface area (Å²) in [6.07, 6.45) is 2.85. The van der Waals surface area contributed by atoms with E-state index in [1.165, 1.54) is 18.5 Å². The van der Waals surface area contributed by atoms with Gasteiger partial charge in [-0.25, -0.2) is 9.18 Å². The van der Waals surface area contributed by atoms with Crippen molar-refractivity contribution in [2.75, 3.05) is 11.9 Å². The van der Waals surface area contributed by atoms with Gasteiger partial charge < -0.3 is 10.1 Å². The first-order valence-corrected chi connectivity index (χ1v) is 6.74. The van der Waals surface area contributed by atoms with Gasteiger partial charge >= 0.3 is 5.97 Å². The standard InChI is InChI=1S/C15H14ClFN2O2/c1-3-21-15(20)10-8-18-5-4-13(10)19-14-11(16)6-9(2)7-12(14)17/h4-8H,3H2,1-2H3,(H,18,19). The Bertz CT molecular complexity index is 653. The number of pyridine rings is 1. The van der Waals surface area contributed by atoms with Gasteiger partial charge in [-0.3, -0.25) is 4.98 Å². The molecule has 4 nitrogen and oxygen atoms in total. The summed E-state index contributed by atoms with van der Waals surface area (Å²) in [7, 11) is 0. The zero-order chi connectivity index (χ0) is 15.4. The Labute approximate surface area is 126 Å². The van der Waals surface area contributed by atoms with Gasteiger partial charge in [-0.1, -0.05) is 11.6 Å². The van der Waals surface area contributed by atoms with E-state index in [9.17, 15) is 9.18 Å². The highest BCUT2D eigenvalue weighted by molar-refractivity contribution is 6.33. The molecule has 0 radical (unpaired) electrons. The molecule has 0 atom stereocenters. The third kappa shape index (κ3) is 3.49. The van der Waals surface area contributed by atoms with E-state index in [0.29, 0.717) is 11.3 Å². The number of esters is 1. The van der Waals surface area contributed by atoms with Gasteiger partial charge in [-0.15, -0.1) is 0 Å². The third-order valence-electron chi connectivity index (χ3n) is 2.76. The molecule has 0 spiro atoms. The van der Waals surface area contributed by atoms with Crippen LogP contribution in [-0.2, 0) is 4.74 Å². The molecule has 6 heteroatoms. The molecule has 2 rings (SSSR count). The summed E-state index contributed by atoms with van der Waals surface area (Å²) in [6, 6.07) is 4.56. The van der Waals surface area contributed by atoms with Gasteiger partial charge in [-0.2, -0.15) is 0 Å². The van der Waals surface area contributed by atoms with Crippen molar-refractivity contribution >= 4 is 28.9 Å². The molecule has 0 saturated carbocycles. The number of anilines is 2. The Hall–Kier alpha value is -2.14. The van der Waals surface area contributed by atoms with E-state index in [1.54, 1.807) is 26.0 Å². The van der Waals surface area contributed by atoms with Crippen molar-refractivity contribution < 1.29 is 13.9 Å². The molecular formula is C15H14ClFN2O2. The summed E-state index contributed by atoms with van der Waals surface area (Å²) in [5.41, 5.74) is 1.42. The van der Waals surface area contributed by atoms with Gasteiger partial charge in [0.15, 0.2) is 0 Å². The number of nitrogens with one attached hydrogen (secondary N) is 1. The molecule has 0 bridgehead atoms. The Morgan fingerprint density at radius 3 is 2.90 bits per heavy atom. The number of benzene rings is 1. The molecule has 1 N–H and O–H groups in total. The average molecular weight is 309 g/mol. The van der Waals surface area contributed by atoms with Crippen molar-refractivity contribution in [3.8, 4) is 0 Å². The Morgan fingerprint density at radius 2 is 2.24 bits per heavy atom. The predicted octanol–water partition coefficient (Wildman–Crippen LogP) is 4.10. The molecule has 21 heavy (non-hydrogen) atoms. The first-order chi connectivity index (χ1) is 10.0. The molecular weight excluding hydrogens is 295 g/mol. The SMILES string of the molecule is CCOC(=O)c1cnccc1Nc1c(F)cc(C)cc1Cl. The van der Waals surface area contributed by atoms with E-state index in [4.69, 9.17) is 16.3 Å². The van der Waals surface area contributed by atoms with E-state index in [2.05, 4.69) is 10.3 Å². The van der Waals surface area contributed by atoms with Crippen molar-refractivity contribution in [3.63, 3.8) is 0 Å². The second-order valence-electron chi connectivity index (χ2n) is 4.37. The average Bonchev–Trinajstić information content (AvgIpc) is 2.43. The lowest BCUT2D eigenvalue weighted by atomic mass is 10.2. The summed E-state index contributed by atoms with van der Waals surface area (Å²) < 4.78 is 18.9. The number of carbonyl (C=O) groups excluding carboxylic acids is 1. The smallest absolute Gasteiger partial charge is 0.341 e. The fourth-order valence-electron chi connectivity index (χ4n) is 1.83. The Kier molecular flexibility index (Phi) is 4.75. The highest BCUT2D eigenvalue weighted by atomic mass is 35.5. The van der Waals surface area contributed by atoms with Gasteiger partial charge in [0.1, 0.15) is 11.4 Å². The van der Waals surface area contributed by atoms with Gasteiger partial charge in [0.25, 0.3) is 0 Å². The number of aromatic nitrogens is 1. The van der Waals surface area contributed by atoms with E-state index in [1.807, 2.05) is 0 Å². The second kappa shape index (κ2) is 6.54. The van der Waals surface area contributed by atoms with E-state index in [0.717, 1.165) is 0 Å². The lowest BCUT2D eigenvalue weighted by Gasteiger charge is -2.13. The molecule has 1 aromatic heterocycles. The molecule has 2 aromatic rings. The zero-order valence-corrected chi connectivity index (χ0v) is 12.4. The van der Waals surface area contributed by atoms with Crippen molar-refractivity contribution in [1.82, 2.24) is 4.98 Å². The van der Waals surface area contributed by atoms with Crippen LogP contribution >= 0.6 is 11.6 Å². The second-order valence-corrected chi connectivity index (χ2v) is 4.78. The highest BCUT2D eigenvalue weighted by Crippen LogP contribution is 2.30. The Balaban J connectivity index is 2.39. The molecule has 0 aliphatic rings. The van der Waals surface area contributed by atoms with E-state index < -0.39 is 11.8 Å². The molecule has 0 aliphatic heterocycles. The number of hydrogen-bond acceptors (Lipinski definition) is 4. The Morgan fingerprint density at radius 1 is 1.48 bits per heavy atom. The minimum Gasteiger partial charge on any atom is -0.462 e. The van der Waals surface area contributed by atoms with Crippen LogP contribution < -0.4 is 5.32 Å². The largest absolute Gasteiger partial charge is 0.462 e. The fourth-order valence-corrected chi connectivity index (χ4v) is 2.14. The molecule has 0 unspecified atom stereocenters. The minimum atomic E-state index is -0.531. The van der Waals surface area contributed by atoms with Gasteiger partial charge in [-0.05, 0) is 37.6 Å². The summed E-state index contributed by atoms with van der Waals surface area (Å²) in [5, 5.41) is 3.06. The van der Waals surface area contributed by atoms with Gasteiger partial charge in [0, 0.05) is 12.4 Å². The lowest BCUT2D eigenvalue weighted by Crippen LogP contribution is -2.09. The van der Waals surface area contributed by atoms with Gasteiger partial charge in [0.2, 0.25) is 0 Å². The first kappa shape index (κ1) is 15.3. The van der Waals surface area contributed by atoms with Crippen LogP contribution in [0.1, 0.15) is 22.8 Å². The number of nitrogens with zero attached hydrogens (tertiary/aromatic N) is 1. The summed E-state index contributed by atoms with van der Waals surface area (Å²) >= 11 is 6.04. The number of rotatable bonds is 4. The lowest BCUT2D eigenvalue weighted by molar-refractivity contribution is 0.0527. The molecule has 0 aliphatic carbocycles. The van der Waals surface area contributed by atoms with Crippen LogP contribution in [0.3, 0.4) is 0 Å².